The standard InChI is InChI=1S/C16H20N4O4/c1-9-4-14-17-7-11(16(23)20(14)18-9)15(22)19-2-3-24-13-6-10(8-21)5-12(13)19/h4,7,10,12-13,18,21H,2-3,5-6,8H2,1H3/t10-,12+,13?/m1/s1. The first-order valence-electron chi connectivity index (χ1n) is 8.19. The minimum atomic E-state index is -0.391. The zero-order valence-electron chi connectivity index (χ0n) is 13.4. The minimum absolute atomic E-state index is 0.0578. The number of aromatic amines is 1. The summed E-state index contributed by atoms with van der Waals surface area (Å²) >= 11 is 0. The number of fused-ring (bicyclic) bond motifs is 2. The van der Waals surface area contributed by atoms with Gasteiger partial charge in [-0.25, -0.2) is 9.50 Å². The normalized spacial score (nSPS) is 26.8. The number of hydrogen-bond acceptors (Lipinski definition) is 5. The summed E-state index contributed by atoms with van der Waals surface area (Å²) in [5.41, 5.74) is 0.965. The summed E-state index contributed by atoms with van der Waals surface area (Å²) < 4.78 is 7.04. The number of H-pyrrole nitrogens is 1. The molecule has 8 nitrogen and oxygen atoms in total. The van der Waals surface area contributed by atoms with Crippen LogP contribution in [-0.4, -0.2) is 62.4 Å². The highest BCUT2D eigenvalue weighted by molar-refractivity contribution is 5.94. The largest absolute Gasteiger partial charge is 0.396 e. The van der Waals surface area contributed by atoms with Crippen LogP contribution in [0.25, 0.3) is 5.65 Å². The Kier molecular flexibility index (Phi) is 3.65. The van der Waals surface area contributed by atoms with Gasteiger partial charge in [-0.15, -0.1) is 0 Å². The number of aliphatic hydroxyl groups is 1. The van der Waals surface area contributed by atoms with E-state index < -0.39 is 5.56 Å². The maximum absolute atomic E-state index is 12.9. The number of aliphatic hydroxyl groups excluding tert-OH is 1. The molecule has 3 heterocycles. The fraction of sp³-hybridized carbons (Fsp3) is 0.562. The molecule has 4 rings (SSSR count). The van der Waals surface area contributed by atoms with Gasteiger partial charge in [0.05, 0.1) is 18.8 Å². The second-order valence-corrected chi connectivity index (χ2v) is 6.60. The van der Waals surface area contributed by atoms with Crippen molar-refractivity contribution in [2.45, 2.75) is 31.9 Å². The number of carbonyl (C=O) groups excluding carboxylic acids is 1. The van der Waals surface area contributed by atoms with Crippen molar-refractivity contribution in [1.82, 2.24) is 19.5 Å². The van der Waals surface area contributed by atoms with Crippen LogP contribution in [0, 0.1) is 12.8 Å². The highest BCUT2D eigenvalue weighted by Gasteiger charge is 2.43. The van der Waals surface area contributed by atoms with E-state index in [4.69, 9.17) is 4.74 Å². The highest BCUT2D eigenvalue weighted by Crippen LogP contribution is 2.34. The fourth-order valence-electron chi connectivity index (χ4n) is 3.83. The van der Waals surface area contributed by atoms with E-state index in [-0.39, 0.29) is 36.1 Å². The molecule has 2 N–H and O–H groups in total. The average Bonchev–Trinajstić information content (AvgIpc) is 3.17. The minimum Gasteiger partial charge on any atom is -0.396 e. The Morgan fingerprint density at radius 2 is 2.33 bits per heavy atom. The summed E-state index contributed by atoms with van der Waals surface area (Å²) in [5.74, 6) is -0.174. The third kappa shape index (κ3) is 2.33. The number of carbonyl (C=O) groups is 1. The smallest absolute Gasteiger partial charge is 0.285 e. The van der Waals surface area contributed by atoms with Gasteiger partial charge in [-0.3, -0.25) is 14.7 Å². The van der Waals surface area contributed by atoms with Crippen molar-refractivity contribution in [3.63, 3.8) is 0 Å². The van der Waals surface area contributed by atoms with Crippen LogP contribution in [0.1, 0.15) is 28.9 Å². The molecule has 8 heteroatoms. The maximum atomic E-state index is 12.9. The number of aromatic nitrogens is 3. The Labute approximate surface area is 138 Å². The lowest BCUT2D eigenvalue weighted by Crippen LogP contribution is -2.52. The van der Waals surface area contributed by atoms with Crippen LogP contribution in [0.4, 0.5) is 0 Å². The van der Waals surface area contributed by atoms with E-state index >= 15 is 0 Å². The summed E-state index contributed by atoms with van der Waals surface area (Å²) in [6.07, 6.45) is 2.74. The van der Waals surface area contributed by atoms with Crippen molar-refractivity contribution in [1.29, 1.82) is 0 Å². The third-order valence-electron chi connectivity index (χ3n) is 5.01. The summed E-state index contributed by atoms with van der Waals surface area (Å²) in [7, 11) is 0. The first-order chi connectivity index (χ1) is 11.6. The predicted octanol–water partition coefficient (Wildman–Crippen LogP) is -0.0571. The van der Waals surface area contributed by atoms with Gasteiger partial charge in [-0.1, -0.05) is 0 Å². The van der Waals surface area contributed by atoms with E-state index in [2.05, 4.69) is 10.1 Å². The number of aryl methyl sites for hydroxylation is 1. The molecule has 0 bridgehead atoms. The van der Waals surface area contributed by atoms with Crippen LogP contribution in [0.2, 0.25) is 0 Å². The van der Waals surface area contributed by atoms with Gasteiger partial charge in [0.25, 0.3) is 11.5 Å². The molecule has 1 saturated heterocycles. The summed E-state index contributed by atoms with van der Waals surface area (Å²) in [4.78, 5) is 31.5. The topological polar surface area (TPSA) is 99.9 Å². The molecule has 0 spiro atoms. The van der Waals surface area contributed by atoms with Gasteiger partial charge in [0.15, 0.2) is 5.65 Å². The Hall–Kier alpha value is -2.19. The number of rotatable bonds is 2. The molecule has 1 aliphatic carbocycles. The van der Waals surface area contributed by atoms with Gasteiger partial charge in [0, 0.05) is 31.1 Å². The molecule has 2 aromatic heterocycles. The molecule has 0 aromatic carbocycles. The van der Waals surface area contributed by atoms with Crippen molar-refractivity contribution < 1.29 is 14.6 Å². The molecule has 0 radical (unpaired) electrons. The van der Waals surface area contributed by atoms with Gasteiger partial charge in [-0.05, 0) is 25.7 Å². The van der Waals surface area contributed by atoms with Crippen LogP contribution in [0.15, 0.2) is 17.1 Å². The summed E-state index contributed by atoms with van der Waals surface area (Å²) in [6.45, 7) is 2.82. The Morgan fingerprint density at radius 1 is 1.50 bits per heavy atom. The van der Waals surface area contributed by atoms with Gasteiger partial charge >= 0.3 is 0 Å². The number of nitrogens with zero attached hydrogens (tertiary/aromatic N) is 3. The Bertz CT molecular complexity index is 842. The number of nitrogens with one attached hydrogen (secondary N) is 1. The summed E-state index contributed by atoms with van der Waals surface area (Å²) in [6, 6.07) is 1.66. The van der Waals surface area contributed by atoms with E-state index in [1.54, 1.807) is 11.0 Å². The van der Waals surface area contributed by atoms with E-state index in [1.807, 2.05) is 6.92 Å². The van der Waals surface area contributed by atoms with Crippen LogP contribution in [0.5, 0.6) is 0 Å². The third-order valence-corrected chi connectivity index (χ3v) is 5.01. The molecule has 2 aliphatic rings. The summed E-state index contributed by atoms with van der Waals surface area (Å²) in [5, 5.41) is 12.3. The predicted molar refractivity (Wildman–Crippen MR) is 84.9 cm³/mol. The van der Waals surface area contributed by atoms with Crippen molar-refractivity contribution in [2.24, 2.45) is 5.92 Å². The molecule has 1 saturated carbocycles. The molecule has 24 heavy (non-hydrogen) atoms. The zero-order valence-corrected chi connectivity index (χ0v) is 13.4. The van der Waals surface area contributed by atoms with Gasteiger partial charge in [-0.2, -0.15) is 0 Å². The maximum Gasteiger partial charge on any atom is 0.285 e. The van der Waals surface area contributed by atoms with E-state index in [1.165, 1.54) is 10.7 Å². The second-order valence-electron chi connectivity index (χ2n) is 6.60. The molecular formula is C16H20N4O4. The van der Waals surface area contributed by atoms with Crippen LogP contribution in [-0.2, 0) is 4.74 Å². The number of morpholine rings is 1. The Morgan fingerprint density at radius 3 is 3.12 bits per heavy atom. The first kappa shape index (κ1) is 15.3. The van der Waals surface area contributed by atoms with Gasteiger partial charge < -0.3 is 14.7 Å². The molecule has 1 unspecified atom stereocenters. The Balaban J connectivity index is 1.68. The van der Waals surface area contributed by atoms with Crippen LogP contribution < -0.4 is 5.56 Å². The number of hydrogen-bond donors (Lipinski definition) is 2. The second kappa shape index (κ2) is 5.71. The van der Waals surface area contributed by atoms with E-state index in [0.29, 0.717) is 25.2 Å². The lowest BCUT2D eigenvalue weighted by atomic mass is 10.1. The zero-order chi connectivity index (χ0) is 16.8. The molecule has 2 aromatic rings. The molecular weight excluding hydrogens is 312 g/mol. The van der Waals surface area contributed by atoms with Crippen molar-refractivity contribution in [3.8, 4) is 0 Å². The lowest BCUT2D eigenvalue weighted by Gasteiger charge is -2.37. The van der Waals surface area contributed by atoms with E-state index in [0.717, 1.165) is 12.1 Å². The van der Waals surface area contributed by atoms with Crippen molar-refractivity contribution in [2.75, 3.05) is 19.8 Å². The molecule has 2 fully saturated rings. The quantitative estimate of drug-likeness (QED) is 0.803. The van der Waals surface area contributed by atoms with Gasteiger partial charge in [0.2, 0.25) is 0 Å². The van der Waals surface area contributed by atoms with Crippen LogP contribution >= 0.6 is 0 Å². The highest BCUT2D eigenvalue weighted by atomic mass is 16.5. The monoisotopic (exact) mass is 332 g/mol. The molecule has 3 atom stereocenters. The van der Waals surface area contributed by atoms with Gasteiger partial charge in [0.1, 0.15) is 5.56 Å². The average molecular weight is 332 g/mol. The van der Waals surface area contributed by atoms with Crippen molar-refractivity contribution in [3.05, 3.63) is 33.9 Å². The molecule has 1 aliphatic heterocycles. The fourth-order valence-corrected chi connectivity index (χ4v) is 3.83. The number of amides is 1. The molecule has 1 amide bonds. The SMILES string of the molecule is Cc1cc2ncc(C(=O)N3CCOC4C[C@H](CO)C[C@@H]43)c(=O)n2[nH]1. The molecule has 128 valence electrons. The van der Waals surface area contributed by atoms with Crippen molar-refractivity contribution >= 4 is 11.6 Å². The lowest BCUT2D eigenvalue weighted by molar-refractivity contribution is -0.0449. The number of ether oxygens (including phenoxy) is 1. The van der Waals surface area contributed by atoms with E-state index in [9.17, 15) is 14.7 Å². The first-order valence-corrected chi connectivity index (χ1v) is 8.19. The van der Waals surface area contributed by atoms with Crippen LogP contribution in [0.3, 0.4) is 0 Å².